The van der Waals surface area contributed by atoms with E-state index < -0.39 is 0 Å². The van der Waals surface area contributed by atoms with Crippen LogP contribution in [-0.4, -0.2) is 0 Å². The molecule has 0 heterocycles. The van der Waals surface area contributed by atoms with Gasteiger partial charge in [-0.1, -0.05) is 60.7 Å². The Balaban J connectivity index is 1.84. The summed E-state index contributed by atoms with van der Waals surface area (Å²) in [6, 6.07) is 25.2. The third-order valence-corrected chi connectivity index (χ3v) is 3.88. The molecule has 0 spiro atoms. The zero-order valence-corrected chi connectivity index (χ0v) is 10.1. The largest absolute Gasteiger partial charge is 0.0622 e. The van der Waals surface area contributed by atoms with Gasteiger partial charge < -0.3 is 0 Å². The van der Waals surface area contributed by atoms with E-state index in [4.69, 9.17) is 0 Å². The van der Waals surface area contributed by atoms with Gasteiger partial charge in [0.1, 0.15) is 0 Å². The fourth-order valence-electron chi connectivity index (χ4n) is 2.87. The van der Waals surface area contributed by atoms with Crippen LogP contribution < -0.4 is 0 Å². The van der Waals surface area contributed by atoms with E-state index >= 15 is 0 Å². The van der Waals surface area contributed by atoms with E-state index in [1.807, 2.05) is 0 Å². The van der Waals surface area contributed by atoms with Gasteiger partial charge in [0, 0.05) is 5.92 Å². The lowest BCUT2D eigenvalue weighted by molar-refractivity contribution is 0.709. The molecule has 4 rings (SSSR count). The number of benzene rings is 3. The number of hydrogen-bond donors (Lipinski definition) is 0. The molecule has 3 aromatic carbocycles. The van der Waals surface area contributed by atoms with Crippen molar-refractivity contribution in [3.63, 3.8) is 0 Å². The highest BCUT2D eigenvalue weighted by Crippen LogP contribution is 2.41. The second-order valence-corrected chi connectivity index (χ2v) is 4.96. The minimum Gasteiger partial charge on any atom is -0.0622 e. The summed E-state index contributed by atoms with van der Waals surface area (Å²) in [6.07, 6.45) is 1.15. The highest BCUT2D eigenvalue weighted by molar-refractivity contribution is 5.84. The third kappa shape index (κ3) is 1.39. The van der Waals surface area contributed by atoms with Crippen molar-refractivity contribution >= 4 is 10.8 Å². The lowest BCUT2D eigenvalue weighted by atomic mass is 9.73. The molecule has 0 aromatic heterocycles. The van der Waals surface area contributed by atoms with Crippen molar-refractivity contribution in [2.45, 2.75) is 12.3 Å². The molecule has 1 atom stereocenters. The molecular weight excluding hydrogens is 216 g/mol. The van der Waals surface area contributed by atoms with Crippen LogP contribution in [0.2, 0.25) is 0 Å². The van der Waals surface area contributed by atoms with Crippen molar-refractivity contribution in [3.05, 3.63) is 83.4 Å². The molecule has 0 amide bonds. The fourth-order valence-corrected chi connectivity index (χ4v) is 2.87. The Kier molecular flexibility index (Phi) is 2.04. The second-order valence-electron chi connectivity index (χ2n) is 4.96. The standard InChI is InChI=1S/C18H13/c1-2-6-13(7-3-1)17-12-16-10-14-8-4-5-9-15(14)11-18(16)17/h1-10,17H,12H2. The summed E-state index contributed by atoms with van der Waals surface area (Å²) in [4.78, 5) is 0. The monoisotopic (exact) mass is 229 g/mol. The molecule has 0 saturated carbocycles. The molecule has 0 fully saturated rings. The van der Waals surface area contributed by atoms with Crippen molar-refractivity contribution in [1.29, 1.82) is 0 Å². The molecule has 1 aliphatic carbocycles. The molecule has 0 N–H and O–H groups in total. The van der Waals surface area contributed by atoms with Gasteiger partial charge in [-0.2, -0.15) is 0 Å². The molecule has 85 valence electrons. The quantitative estimate of drug-likeness (QED) is 0.582. The van der Waals surface area contributed by atoms with E-state index in [1.54, 1.807) is 0 Å². The molecule has 0 saturated heterocycles. The molecule has 0 aliphatic heterocycles. The van der Waals surface area contributed by atoms with E-state index in [0.29, 0.717) is 5.92 Å². The highest BCUT2D eigenvalue weighted by Gasteiger charge is 2.27. The Bertz CT molecular complexity index is 710. The minimum absolute atomic E-state index is 0.547. The zero-order chi connectivity index (χ0) is 11.9. The zero-order valence-electron chi connectivity index (χ0n) is 10.1. The summed E-state index contributed by atoms with van der Waals surface area (Å²) >= 11 is 0. The maximum absolute atomic E-state index is 3.59. The first kappa shape index (κ1) is 9.90. The average Bonchev–Trinajstić information content (AvgIpc) is 2.42. The first-order valence-electron chi connectivity index (χ1n) is 6.40. The molecule has 1 unspecified atom stereocenters. The van der Waals surface area contributed by atoms with Crippen molar-refractivity contribution in [2.75, 3.05) is 0 Å². The SMILES string of the molecule is [c]1c2c(cc3ccccc13)CC2c1ccccc1. The van der Waals surface area contributed by atoms with Gasteiger partial charge in [0.15, 0.2) is 0 Å². The average molecular weight is 229 g/mol. The van der Waals surface area contributed by atoms with Crippen molar-refractivity contribution in [3.8, 4) is 0 Å². The number of fused-ring (bicyclic) bond motifs is 2. The highest BCUT2D eigenvalue weighted by atomic mass is 14.3. The maximum Gasteiger partial charge on any atom is 0.0139 e. The topological polar surface area (TPSA) is 0 Å². The normalized spacial score (nSPS) is 17.2. The van der Waals surface area contributed by atoms with Gasteiger partial charge in [-0.25, -0.2) is 0 Å². The van der Waals surface area contributed by atoms with Crippen molar-refractivity contribution < 1.29 is 0 Å². The van der Waals surface area contributed by atoms with Gasteiger partial charge in [0.25, 0.3) is 0 Å². The van der Waals surface area contributed by atoms with Crippen LogP contribution >= 0.6 is 0 Å². The number of rotatable bonds is 1. The smallest absolute Gasteiger partial charge is 0.0139 e. The van der Waals surface area contributed by atoms with E-state index in [0.717, 1.165) is 6.42 Å². The molecule has 1 aliphatic rings. The van der Waals surface area contributed by atoms with Crippen LogP contribution in [0, 0.1) is 6.07 Å². The predicted molar refractivity (Wildman–Crippen MR) is 74.8 cm³/mol. The molecule has 18 heavy (non-hydrogen) atoms. The summed E-state index contributed by atoms with van der Waals surface area (Å²) in [6.45, 7) is 0. The first-order chi connectivity index (χ1) is 8.92. The molecule has 0 nitrogen and oxygen atoms in total. The maximum atomic E-state index is 3.59. The van der Waals surface area contributed by atoms with Crippen molar-refractivity contribution in [2.24, 2.45) is 0 Å². The van der Waals surface area contributed by atoms with E-state index in [-0.39, 0.29) is 0 Å². The van der Waals surface area contributed by atoms with Gasteiger partial charge in [0.2, 0.25) is 0 Å². The van der Waals surface area contributed by atoms with E-state index in [9.17, 15) is 0 Å². The molecule has 1 radical (unpaired) electrons. The summed E-state index contributed by atoms with van der Waals surface area (Å²) in [5.74, 6) is 0.547. The third-order valence-electron chi connectivity index (χ3n) is 3.88. The molecule has 0 heteroatoms. The summed E-state index contributed by atoms with van der Waals surface area (Å²) in [5, 5.41) is 2.54. The first-order valence-corrected chi connectivity index (χ1v) is 6.40. The predicted octanol–water partition coefficient (Wildman–Crippen LogP) is 4.33. The Hall–Kier alpha value is -2.08. The number of hydrogen-bond acceptors (Lipinski definition) is 0. The lowest BCUT2D eigenvalue weighted by Crippen LogP contribution is -2.18. The van der Waals surface area contributed by atoms with Gasteiger partial charge in [0.05, 0.1) is 0 Å². The Labute approximate surface area is 107 Å². The summed E-state index contributed by atoms with van der Waals surface area (Å²) < 4.78 is 0. The minimum atomic E-state index is 0.547. The van der Waals surface area contributed by atoms with Gasteiger partial charge in [-0.3, -0.25) is 0 Å². The van der Waals surface area contributed by atoms with Crippen molar-refractivity contribution in [1.82, 2.24) is 0 Å². The van der Waals surface area contributed by atoms with Crippen LogP contribution in [-0.2, 0) is 6.42 Å². The molecule has 0 bridgehead atoms. The lowest BCUT2D eigenvalue weighted by Gasteiger charge is -2.31. The van der Waals surface area contributed by atoms with Crippen LogP contribution in [0.1, 0.15) is 22.6 Å². The van der Waals surface area contributed by atoms with E-state index in [1.165, 1.54) is 27.5 Å². The van der Waals surface area contributed by atoms with Crippen LogP contribution in [0.25, 0.3) is 10.8 Å². The van der Waals surface area contributed by atoms with Gasteiger partial charge in [-0.05, 0) is 39.9 Å². The fraction of sp³-hybridized carbons (Fsp3) is 0.111. The van der Waals surface area contributed by atoms with Gasteiger partial charge >= 0.3 is 0 Å². The Morgan fingerprint density at radius 3 is 2.56 bits per heavy atom. The Morgan fingerprint density at radius 2 is 1.67 bits per heavy atom. The summed E-state index contributed by atoms with van der Waals surface area (Å²) in [7, 11) is 0. The van der Waals surface area contributed by atoms with Gasteiger partial charge in [-0.15, -0.1) is 0 Å². The van der Waals surface area contributed by atoms with Crippen LogP contribution in [0.15, 0.2) is 60.7 Å². The van der Waals surface area contributed by atoms with Crippen LogP contribution in [0.5, 0.6) is 0 Å². The van der Waals surface area contributed by atoms with Crippen LogP contribution in [0.4, 0.5) is 0 Å². The summed E-state index contributed by atoms with van der Waals surface area (Å²) in [5.41, 5.74) is 4.26. The Morgan fingerprint density at radius 1 is 0.889 bits per heavy atom. The molecular formula is C18H13. The second kappa shape index (κ2) is 3.71. The molecule has 3 aromatic rings. The van der Waals surface area contributed by atoms with E-state index in [2.05, 4.69) is 66.7 Å². The van der Waals surface area contributed by atoms with Crippen LogP contribution in [0.3, 0.4) is 0 Å².